The van der Waals surface area contributed by atoms with Crippen molar-refractivity contribution in [3.05, 3.63) is 60.0 Å². The fourth-order valence-corrected chi connectivity index (χ4v) is 4.70. The molecule has 4 aromatic rings. The van der Waals surface area contributed by atoms with E-state index in [0.717, 1.165) is 45.1 Å². The Bertz CT molecular complexity index is 1200. The van der Waals surface area contributed by atoms with Crippen LogP contribution in [-0.4, -0.2) is 49.0 Å². The normalized spacial score (nSPS) is 12.3. The monoisotopic (exact) mass is 449 g/mol. The van der Waals surface area contributed by atoms with Gasteiger partial charge in [0.25, 0.3) is 0 Å². The van der Waals surface area contributed by atoms with Gasteiger partial charge in [0.2, 0.25) is 0 Å². The van der Waals surface area contributed by atoms with Crippen molar-refractivity contribution >= 4 is 28.4 Å². The molecule has 0 saturated carbocycles. The van der Waals surface area contributed by atoms with Crippen LogP contribution in [0.15, 0.2) is 53.9 Å². The highest BCUT2D eigenvalue weighted by Gasteiger charge is 2.25. The van der Waals surface area contributed by atoms with Gasteiger partial charge in [0.05, 0.1) is 5.25 Å². The first-order chi connectivity index (χ1) is 15.6. The first-order valence-corrected chi connectivity index (χ1v) is 11.7. The third-order valence-corrected chi connectivity index (χ3v) is 6.40. The predicted octanol–water partition coefficient (Wildman–Crippen LogP) is 4.92. The standard InChI is InChI=1S/C24H27N5O2S/c1-4-31-15-7-14-29-23(18-10-12-25-13-11-18)27-28-24(29)32-17(3)22(30)21-16(2)26-20-9-6-5-8-19(20)21/h5-6,8-13,17,26H,4,7,14-15H2,1-3H3. The van der Waals surface area contributed by atoms with E-state index in [-0.39, 0.29) is 11.0 Å². The van der Waals surface area contributed by atoms with Crippen LogP contribution in [0.2, 0.25) is 0 Å². The van der Waals surface area contributed by atoms with Crippen LogP contribution in [0.5, 0.6) is 0 Å². The van der Waals surface area contributed by atoms with Crippen LogP contribution in [0.4, 0.5) is 0 Å². The minimum absolute atomic E-state index is 0.0827. The molecule has 0 amide bonds. The lowest BCUT2D eigenvalue weighted by atomic mass is 10.1. The second-order valence-corrected chi connectivity index (χ2v) is 8.85. The van der Waals surface area contributed by atoms with Crippen molar-refractivity contribution in [1.29, 1.82) is 0 Å². The van der Waals surface area contributed by atoms with Crippen LogP contribution in [-0.2, 0) is 11.3 Å². The Morgan fingerprint density at radius 3 is 2.75 bits per heavy atom. The van der Waals surface area contributed by atoms with E-state index in [0.29, 0.717) is 19.8 Å². The number of benzene rings is 1. The summed E-state index contributed by atoms with van der Waals surface area (Å²) in [5.74, 6) is 0.855. The average molecular weight is 450 g/mol. The fourth-order valence-electron chi connectivity index (χ4n) is 3.77. The van der Waals surface area contributed by atoms with Gasteiger partial charge in [-0.15, -0.1) is 10.2 Å². The van der Waals surface area contributed by atoms with E-state index >= 15 is 0 Å². The van der Waals surface area contributed by atoms with Gasteiger partial charge in [-0.05, 0) is 45.4 Å². The largest absolute Gasteiger partial charge is 0.382 e. The van der Waals surface area contributed by atoms with Crippen LogP contribution < -0.4 is 0 Å². The lowest BCUT2D eigenvalue weighted by molar-refractivity contribution is 0.0994. The number of nitrogens with zero attached hydrogens (tertiary/aromatic N) is 4. The number of carbonyl (C=O) groups excluding carboxylic acids is 1. The van der Waals surface area contributed by atoms with Gasteiger partial charge in [0.1, 0.15) is 0 Å². The molecule has 3 heterocycles. The number of hydrogen-bond acceptors (Lipinski definition) is 6. The number of nitrogens with one attached hydrogen (secondary N) is 1. The maximum Gasteiger partial charge on any atom is 0.192 e. The van der Waals surface area contributed by atoms with E-state index in [2.05, 4.69) is 24.7 Å². The summed E-state index contributed by atoms with van der Waals surface area (Å²) in [6, 6.07) is 11.7. The van der Waals surface area contributed by atoms with Gasteiger partial charge in [-0.3, -0.25) is 9.78 Å². The lowest BCUT2D eigenvalue weighted by Gasteiger charge is -2.13. The van der Waals surface area contributed by atoms with Gasteiger partial charge >= 0.3 is 0 Å². The number of ether oxygens (including phenoxy) is 1. The zero-order valence-corrected chi connectivity index (χ0v) is 19.4. The Morgan fingerprint density at radius 2 is 1.97 bits per heavy atom. The third-order valence-electron chi connectivity index (χ3n) is 5.32. The summed E-state index contributed by atoms with van der Waals surface area (Å²) in [6.07, 6.45) is 4.32. The average Bonchev–Trinajstić information content (AvgIpc) is 3.36. The second-order valence-electron chi connectivity index (χ2n) is 7.54. The lowest BCUT2D eigenvalue weighted by Crippen LogP contribution is -2.16. The van der Waals surface area contributed by atoms with Crippen LogP contribution in [0.1, 0.15) is 36.3 Å². The molecule has 7 nitrogen and oxygen atoms in total. The number of rotatable bonds is 10. The van der Waals surface area contributed by atoms with Gasteiger partial charge in [-0.1, -0.05) is 30.0 Å². The van der Waals surface area contributed by atoms with Crippen molar-refractivity contribution in [2.24, 2.45) is 0 Å². The number of aryl methyl sites for hydroxylation is 1. The number of aromatic nitrogens is 5. The van der Waals surface area contributed by atoms with Crippen molar-refractivity contribution in [2.75, 3.05) is 13.2 Å². The topological polar surface area (TPSA) is 85.7 Å². The maximum absolute atomic E-state index is 13.4. The summed E-state index contributed by atoms with van der Waals surface area (Å²) >= 11 is 1.44. The van der Waals surface area contributed by atoms with E-state index < -0.39 is 0 Å². The van der Waals surface area contributed by atoms with Crippen molar-refractivity contribution in [3.63, 3.8) is 0 Å². The molecule has 1 unspecified atom stereocenters. The Hall–Kier alpha value is -2.97. The first kappa shape index (κ1) is 22.2. The molecule has 0 bridgehead atoms. The molecule has 0 aliphatic rings. The van der Waals surface area contributed by atoms with Crippen LogP contribution in [0, 0.1) is 6.92 Å². The Morgan fingerprint density at radius 1 is 1.19 bits per heavy atom. The molecule has 0 spiro atoms. The maximum atomic E-state index is 13.4. The molecule has 0 aliphatic heterocycles. The summed E-state index contributed by atoms with van der Waals surface area (Å²) in [6.45, 7) is 7.93. The van der Waals surface area contributed by atoms with Crippen molar-refractivity contribution in [2.45, 2.75) is 44.1 Å². The molecular weight excluding hydrogens is 422 g/mol. The number of aromatic amines is 1. The van der Waals surface area contributed by atoms with Gasteiger partial charge in [0, 0.05) is 59.9 Å². The molecule has 0 fully saturated rings. The number of para-hydroxylation sites is 1. The smallest absolute Gasteiger partial charge is 0.192 e. The zero-order chi connectivity index (χ0) is 22.5. The van der Waals surface area contributed by atoms with Gasteiger partial charge < -0.3 is 14.3 Å². The molecule has 3 aromatic heterocycles. The summed E-state index contributed by atoms with van der Waals surface area (Å²) in [4.78, 5) is 20.8. The Labute approximate surface area is 191 Å². The zero-order valence-electron chi connectivity index (χ0n) is 18.5. The molecular formula is C24H27N5O2S. The number of H-pyrrole nitrogens is 1. The number of thioether (sulfide) groups is 1. The molecule has 4 rings (SSSR count). The van der Waals surface area contributed by atoms with Crippen molar-refractivity contribution in [3.8, 4) is 11.4 Å². The second kappa shape index (κ2) is 10.1. The van der Waals surface area contributed by atoms with E-state index in [4.69, 9.17) is 4.74 Å². The molecule has 0 saturated heterocycles. The van der Waals surface area contributed by atoms with Crippen molar-refractivity contribution < 1.29 is 9.53 Å². The molecule has 32 heavy (non-hydrogen) atoms. The summed E-state index contributed by atoms with van der Waals surface area (Å²) in [5.41, 5.74) is 3.56. The quantitative estimate of drug-likeness (QED) is 0.210. The SMILES string of the molecule is CCOCCCn1c(SC(C)C(=O)c2c(C)[nH]c3ccccc23)nnc1-c1ccncc1. The number of carbonyl (C=O) groups is 1. The number of pyridine rings is 1. The van der Waals surface area contributed by atoms with E-state index in [9.17, 15) is 4.79 Å². The van der Waals surface area contributed by atoms with E-state index in [1.54, 1.807) is 12.4 Å². The summed E-state index contributed by atoms with van der Waals surface area (Å²) < 4.78 is 7.59. The summed E-state index contributed by atoms with van der Waals surface area (Å²) in [5, 5.41) is 10.2. The minimum atomic E-state index is -0.312. The van der Waals surface area contributed by atoms with Crippen LogP contribution in [0.25, 0.3) is 22.3 Å². The molecule has 1 aromatic carbocycles. The van der Waals surface area contributed by atoms with E-state index in [1.165, 1.54) is 11.8 Å². The number of ketones is 1. The number of hydrogen-bond donors (Lipinski definition) is 1. The molecule has 1 N–H and O–H groups in total. The molecule has 1 atom stereocenters. The Balaban J connectivity index is 1.60. The van der Waals surface area contributed by atoms with Crippen molar-refractivity contribution in [1.82, 2.24) is 24.7 Å². The highest BCUT2D eigenvalue weighted by molar-refractivity contribution is 8.00. The van der Waals surface area contributed by atoms with Gasteiger partial charge in [-0.2, -0.15) is 0 Å². The van der Waals surface area contributed by atoms with Crippen LogP contribution in [0.3, 0.4) is 0 Å². The highest BCUT2D eigenvalue weighted by atomic mass is 32.2. The first-order valence-electron chi connectivity index (χ1n) is 10.8. The number of Topliss-reactive ketones (excluding diaryl/α,β-unsaturated/α-hetero) is 1. The fraction of sp³-hybridized carbons (Fsp3) is 0.333. The number of fused-ring (bicyclic) bond motifs is 1. The van der Waals surface area contributed by atoms with Gasteiger partial charge in [0.15, 0.2) is 16.8 Å². The van der Waals surface area contributed by atoms with Gasteiger partial charge in [-0.25, -0.2) is 0 Å². The minimum Gasteiger partial charge on any atom is -0.382 e. The van der Waals surface area contributed by atoms with E-state index in [1.807, 2.05) is 57.2 Å². The predicted molar refractivity (Wildman–Crippen MR) is 127 cm³/mol. The summed E-state index contributed by atoms with van der Waals surface area (Å²) in [7, 11) is 0. The third kappa shape index (κ3) is 4.61. The van der Waals surface area contributed by atoms with Crippen LogP contribution >= 0.6 is 11.8 Å². The highest BCUT2D eigenvalue weighted by Crippen LogP contribution is 2.31. The molecule has 0 aliphatic carbocycles. The Kier molecular flexibility index (Phi) is 7.02. The molecule has 0 radical (unpaired) electrons. The molecule has 8 heteroatoms. The molecule has 166 valence electrons.